The van der Waals surface area contributed by atoms with Crippen LogP contribution in [0.1, 0.15) is 6.42 Å². The molecule has 0 radical (unpaired) electrons. The Labute approximate surface area is 84.1 Å². The van der Waals surface area contributed by atoms with Gasteiger partial charge in [-0.25, -0.2) is 4.39 Å². The summed E-state index contributed by atoms with van der Waals surface area (Å²) in [5.74, 6) is -0.374. The van der Waals surface area contributed by atoms with E-state index in [1.165, 1.54) is 4.90 Å². The van der Waals surface area contributed by atoms with Crippen LogP contribution in [0.2, 0.25) is 0 Å². The molecule has 1 unspecified atom stereocenters. The molecule has 1 aliphatic rings. The van der Waals surface area contributed by atoms with Gasteiger partial charge in [-0.3, -0.25) is 4.79 Å². The molecule has 12 heavy (non-hydrogen) atoms. The molecule has 0 spiro atoms. The lowest BCUT2D eigenvalue weighted by Gasteiger charge is -2.31. The van der Waals surface area contributed by atoms with E-state index in [4.69, 9.17) is 5.11 Å². The van der Waals surface area contributed by atoms with Crippen molar-refractivity contribution in [3.8, 4) is 0 Å². The molecule has 0 aromatic carbocycles. The minimum absolute atomic E-state index is 0.00495. The Morgan fingerprint density at radius 2 is 2.42 bits per heavy atom. The maximum absolute atomic E-state index is 13.0. The number of amides is 1. The van der Waals surface area contributed by atoms with Gasteiger partial charge in [-0.1, -0.05) is 22.6 Å². The predicted molar refractivity (Wildman–Crippen MR) is 51.0 cm³/mol. The van der Waals surface area contributed by atoms with Gasteiger partial charge in [0.25, 0.3) is 0 Å². The Morgan fingerprint density at radius 1 is 1.75 bits per heavy atom. The van der Waals surface area contributed by atoms with E-state index < -0.39 is 12.8 Å². The molecule has 70 valence electrons. The Kier molecular flexibility index (Phi) is 3.70. The third-order valence-corrected chi connectivity index (χ3v) is 3.35. The lowest BCUT2D eigenvalue weighted by molar-refractivity contribution is -0.136. The Bertz CT molecular complexity index is 179. The summed E-state index contributed by atoms with van der Waals surface area (Å²) in [5.41, 5.74) is 0. The zero-order valence-electron chi connectivity index (χ0n) is 6.54. The number of carbonyl (C=O) groups excluding carboxylic acids is 1. The number of nitrogens with zero attached hydrogens (tertiary/aromatic N) is 1. The van der Waals surface area contributed by atoms with Crippen LogP contribution >= 0.6 is 22.6 Å². The quantitative estimate of drug-likeness (QED) is 0.558. The molecular weight excluding hydrogens is 276 g/mol. The molecule has 1 aliphatic heterocycles. The Hall–Kier alpha value is 0.0900. The number of alkyl halides is 2. The van der Waals surface area contributed by atoms with Crippen LogP contribution in [-0.4, -0.2) is 45.7 Å². The van der Waals surface area contributed by atoms with Crippen LogP contribution in [0, 0.1) is 0 Å². The van der Waals surface area contributed by atoms with Gasteiger partial charge in [0, 0.05) is 10.5 Å². The van der Waals surface area contributed by atoms with E-state index in [1.54, 1.807) is 0 Å². The number of likely N-dealkylation sites (tertiary alicyclic amines) is 1. The fraction of sp³-hybridized carbons (Fsp3) is 0.857. The lowest BCUT2D eigenvalue weighted by atomic mass is 10.1. The molecule has 1 saturated heterocycles. The van der Waals surface area contributed by atoms with Gasteiger partial charge in [-0.2, -0.15) is 0 Å². The number of hydrogen-bond donors (Lipinski definition) is 1. The highest BCUT2D eigenvalue weighted by molar-refractivity contribution is 14.1. The number of hydrogen-bond acceptors (Lipinski definition) is 2. The molecule has 0 aromatic heterocycles. The molecule has 5 heteroatoms. The van der Waals surface area contributed by atoms with Crippen molar-refractivity contribution in [1.29, 1.82) is 0 Å². The first-order chi connectivity index (χ1) is 5.65. The van der Waals surface area contributed by atoms with Crippen LogP contribution in [0.5, 0.6) is 0 Å². The van der Waals surface area contributed by atoms with E-state index in [-0.39, 0.29) is 16.4 Å². The minimum Gasteiger partial charge on any atom is -0.387 e. The van der Waals surface area contributed by atoms with E-state index in [0.29, 0.717) is 13.0 Å². The van der Waals surface area contributed by atoms with Crippen LogP contribution in [0.3, 0.4) is 0 Å². The van der Waals surface area contributed by atoms with Crippen LogP contribution in [-0.2, 0) is 4.79 Å². The van der Waals surface area contributed by atoms with Crippen molar-refractivity contribution in [2.45, 2.75) is 16.5 Å². The van der Waals surface area contributed by atoms with Crippen molar-refractivity contribution in [2.75, 3.05) is 19.7 Å². The molecule has 0 aliphatic carbocycles. The summed E-state index contributed by atoms with van der Waals surface area (Å²) in [7, 11) is 0. The maximum Gasteiger partial charge on any atom is 0.248 e. The molecule has 1 amide bonds. The number of piperidine rings is 1. The zero-order chi connectivity index (χ0) is 9.14. The van der Waals surface area contributed by atoms with Gasteiger partial charge in [0.2, 0.25) is 5.91 Å². The van der Waals surface area contributed by atoms with E-state index in [1.807, 2.05) is 0 Å². The van der Waals surface area contributed by atoms with E-state index in [0.717, 1.165) is 0 Å². The molecule has 1 rings (SSSR count). The monoisotopic (exact) mass is 287 g/mol. The van der Waals surface area contributed by atoms with Gasteiger partial charge < -0.3 is 10.0 Å². The Balaban J connectivity index is 2.45. The van der Waals surface area contributed by atoms with Crippen molar-refractivity contribution in [3.05, 3.63) is 0 Å². The average molecular weight is 287 g/mol. The highest BCUT2D eigenvalue weighted by atomic mass is 127. The van der Waals surface area contributed by atoms with Crippen molar-refractivity contribution in [1.82, 2.24) is 4.90 Å². The number of rotatable bonds is 1. The molecule has 1 heterocycles. The summed E-state index contributed by atoms with van der Waals surface area (Å²) < 4.78 is 13.0. The van der Waals surface area contributed by atoms with Gasteiger partial charge in [-0.15, -0.1) is 0 Å². The van der Waals surface area contributed by atoms with Gasteiger partial charge in [0.05, 0.1) is 6.54 Å². The van der Waals surface area contributed by atoms with Crippen molar-refractivity contribution >= 4 is 28.5 Å². The molecule has 1 N–H and O–H groups in total. The van der Waals surface area contributed by atoms with Crippen LogP contribution in [0.25, 0.3) is 0 Å². The molecule has 2 atom stereocenters. The smallest absolute Gasteiger partial charge is 0.248 e. The first-order valence-corrected chi connectivity index (χ1v) is 5.06. The van der Waals surface area contributed by atoms with Crippen LogP contribution < -0.4 is 0 Å². The summed E-state index contributed by atoms with van der Waals surface area (Å²) in [6.07, 6.45) is -0.275. The minimum atomic E-state index is -0.949. The van der Waals surface area contributed by atoms with E-state index in [2.05, 4.69) is 22.6 Å². The maximum atomic E-state index is 13.0. The van der Waals surface area contributed by atoms with E-state index in [9.17, 15) is 9.18 Å². The van der Waals surface area contributed by atoms with Crippen molar-refractivity contribution < 1.29 is 14.3 Å². The van der Waals surface area contributed by atoms with Gasteiger partial charge in [0.1, 0.15) is 12.8 Å². The summed E-state index contributed by atoms with van der Waals surface area (Å²) in [5, 5.41) is 8.52. The molecule has 0 saturated carbocycles. The molecule has 0 bridgehead atoms. The number of aliphatic hydroxyl groups excluding tert-OH is 1. The molecule has 1 fully saturated rings. The summed E-state index contributed by atoms with van der Waals surface area (Å²) in [6, 6.07) is 0. The summed E-state index contributed by atoms with van der Waals surface area (Å²) >= 11 is 2.05. The van der Waals surface area contributed by atoms with Crippen molar-refractivity contribution in [2.24, 2.45) is 0 Å². The number of aliphatic hydroxyl groups is 1. The standard InChI is InChI=1S/C7H11FINO2/c8-5-3-10(7(12)4-11)2-1-6(5)9/h5-6,11H,1-4H2/t5-,6?/m1/s1. The van der Waals surface area contributed by atoms with Crippen molar-refractivity contribution in [3.63, 3.8) is 0 Å². The summed E-state index contributed by atoms with van der Waals surface area (Å²) in [4.78, 5) is 12.3. The summed E-state index contributed by atoms with van der Waals surface area (Å²) in [6.45, 7) is 0.180. The first-order valence-electron chi connectivity index (χ1n) is 3.82. The molecule has 3 nitrogen and oxygen atoms in total. The average Bonchev–Trinajstić information content (AvgIpc) is 2.08. The van der Waals surface area contributed by atoms with Gasteiger partial charge in [-0.05, 0) is 6.42 Å². The SMILES string of the molecule is O=C(CO)N1CCC(I)[C@H](F)C1. The largest absolute Gasteiger partial charge is 0.387 e. The first kappa shape index (κ1) is 10.2. The van der Waals surface area contributed by atoms with E-state index >= 15 is 0 Å². The topological polar surface area (TPSA) is 40.5 Å². The molecular formula is C7H11FINO2. The normalized spacial score (nSPS) is 30.4. The highest BCUT2D eigenvalue weighted by Gasteiger charge is 2.28. The van der Waals surface area contributed by atoms with Crippen LogP contribution in [0.4, 0.5) is 4.39 Å². The van der Waals surface area contributed by atoms with Crippen LogP contribution in [0.15, 0.2) is 0 Å². The lowest BCUT2D eigenvalue weighted by Crippen LogP contribution is -2.46. The fourth-order valence-corrected chi connectivity index (χ4v) is 1.71. The Morgan fingerprint density at radius 3 is 2.92 bits per heavy atom. The third-order valence-electron chi connectivity index (χ3n) is 1.95. The second-order valence-corrected chi connectivity index (χ2v) is 4.42. The number of carbonyl (C=O) groups is 1. The second-order valence-electron chi connectivity index (χ2n) is 2.82. The van der Waals surface area contributed by atoms with Gasteiger partial charge in [0.15, 0.2) is 0 Å². The van der Waals surface area contributed by atoms with Gasteiger partial charge >= 0.3 is 0 Å². The second kappa shape index (κ2) is 4.36. The predicted octanol–water partition coefficient (Wildman–Crippen LogP) is 0.353. The zero-order valence-corrected chi connectivity index (χ0v) is 8.70. The fourth-order valence-electron chi connectivity index (χ4n) is 1.20. The molecule has 0 aromatic rings. The number of halogens is 2. The third kappa shape index (κ3) is 2.29. The highest BCUT2D eigenvalue weighted by Crippen LogP contribution is 2.21.